The maximum atomic E-state index is 11.7. The highest BCUT2D eigenvalue weighted by Crippen LogP contribution is 2.44. The first-order chi connectivity index (χ1) is 7.77. The maximum absolute atomic E-state index is 11.7. The van der Waals surface area contributed by atoms with Gasteiger partial charge in [0, 0.05) is 6.54 Å². The van der Waals surface area contributed by atoms with Gasteiger partial charge in [-0.15, -0.1) is 0 Å². The number of carbonyl (C=O) groups is 1. The predicted octanol–water partition coefficient (Wildman–Crippen LogP) is 2.38. The molecule has 0 spiro atoms. The van der Waals surface area contributed by atoms with E-state index in [-0.39, 0.29) is 5.91 Å². The van der Waals surface area contributed by atoms with Gasteiger partial charge in [-0.25, -0.2) is 0 Å². The quantitative estimate of drug-likeness (QED) is 0.790. The fourth-order valence-corrected chi connectivity index (χ4v) is 2.55. The van der Waals surface area contributed by atoms with Crippen molar-refractivity contribution < 1.29 is 4.79 Å². The highest BCUT2D eigenvalue weighted by atomic mass is 16.2. The first kappa shape index (κ1) is 11.4. The number of rotatable bonds is 4. The molecule has 1 amide bonds. The minimum atomic E-state index is -0.646. The Morgan fingerprint density at radius 2 is 2.00 bits per heavy atom. The van der Waals surface area contributed by atoms with Gasteiger partial charge in [-0.3, -0.25) is 4.79 Å². The minimum absolute atomic E-state index is 0.0363. The van der Waals surface area contributed by atoms with Crippen LogP contribution in [0.4, 0.5) is 0 Å². The Labute approximate surface area is 97.2 Å². The Morgan fingerprint density at radius 1 is 1.31 bits per heavy atom. The molecule has 3 heteroatoms. The SMILES string of the molecule is N#CC1(C(=O)NCCC2CCCCC2)CC1. The van der Waals surface area contributed by atoms with E-state index in [1.54, 1.807) is 0 Å². The standard InChI is InChI=1S/C13H20N2O/c14-10-13(7-8-13)12(16)15-9-6-11-4-2-1-3-5-11/h11H,1-9H2,(H,15,16). The summed E-state index contributed by atoms with van der Waals surface area (Å²) in [5, 5.41) is 11.8. The van der Waals surface area contributed by atoms with Crippen LogP contribution in [-0.4, -0.2) is 12.5 Å². The van der Waals surface area contributed by atoms with Gasteiger partial charge in [0.05, 0.1) is 6.07 Å². The molecule has 0 aliphatic heterocycles. The molecule has 0 atom stereocenters. The van der Waals surface area contributed by atoms with Crippen molar-refractivity contribution in [1.29, 1.82) is 5.26 Å². The molecule has 2 aliphatic carbocycles. The molecule has 0 saturated heterocycles. The van der Waals surface area contributed by atoms with E-state index in [1.165, 1.54) is 32.1 Å². The summed E-state index contributed by atoms with van der Waals surface area (Å²) in [7, 11) is 0. The van der Waals surface area contributed by atoms with E-state index in [0.29, 0.717) is 0 Å². The second-order valence-electron chi connectivity index (χ2n) is 5.24. The molecule has 0 aromatic carbocycles. The molecule has 2 aliphatic rings. The fourth-order valence-electron chi connectivity index (χ4n) is 2.55. The number of nitrogens with zero attached hydrogens (tertiary/aromatic N) is 1. The number of hydrogen-bond acceptors (Lipinski definition) is 2. The summed E-state index contributed by atoms with van der Waals surface area (Å²) in [6.45, 7) is 0.757. The second-order valence-corrected chi connectivity index (χ2v) is 5.24. The summed E-state index contributed by atoms with van der Waals surface area (Å²) in [5.74, 6) is 0.761. The van der Waals surface area contributed by atoms with Crippen molar-refractivity contribution in [2.45, 2.75) is 51.4 Å². The summed E-state index contributed by atoms with van der Waals surface area (Å²) in [5.41, 5.74) is -0.646. The molecule has 0 radical (unpaired) electrons. The van der Waals surface area contributed by atoms with Crippen LogP contribution in [0.15, 0.2) is 0 Å². The van der Waals surface area contributed by atoms with Crippen LogP contribution in [0.25, 0.3) is 0 Å². The van der Waals surface area contributed by atoms with Crippen molar-refractivity contribution in [2.24, 2.45) is 11.3 Å². The van der Waals surface area contributed by atoms with Crippen LogP contribution in [0.5, 0.6) is 0 Å². The molecule has 88 valence electrons. The van der Waals surface area contributed by atoms with Gasteiger partial charge in [0.25, 0.3) is 0 Å². The van der Waals surface area contributed by atoms with Gasteiger partial charge in [0.1, 0.15) is 5.41 Å². The normalized spacial score (nSPS) is 23.4. The molecule has 2 rings (SSSR count). The predicted molar refractivity (Wildman–Crippen MR) is 61.5 cm³/mol. The van der Waals surface area contributed by atoms with Crippen LogP contribution in [0.1, 0.15) is 51.4 Å². The van der Waals surface area contributed by atoms with Crippen LogP contribution in [0.3, 0.4) is 0 Å². The molecular formula is C13H20N2O. The molecular weight excluding hydrogens is 200 g/mol. The van der Waals surface area contributed by atoms with Crippen molar-refractivity contribution >= 4 is 5.91 Å². The first-order valence-electron chi connectivity index (χ1n) is 6.46. The third-order valence-electron chi connectivity index (χ3n) is 3.96. The molecule has 0 unspecified atom stereocenters. The second kappa shape index (κ2) is 4.86. The molecule has 3 nitrogen and oxygen atoms in total. The molecule has 2 saturated carbocycles. The number of nitrogens with one attached hydrogen (secondary N) is 1. The largest absolute Gasteiger partial charge is 0.355 e. The highest BCUT2D eigenvalue weighted by molar-refractivity contribution is 5.88. The topological polar surface area (TPSA) is 52.9 Å². The lowest BCUT2D eigenvalue weighted by Gasteiger charge is -2.21. The van der Waals surface area contributed by atoms with Gasteiger partial charge < -0.3 is 5.32 Å². The van der Waals surface area contributed by atoms with E-state index >= 15 is 0 Å². The minimum Gasteiger partial charge on any atom is -0.355 e. The van der Waals surface area contributed by atoms with Gasteiger partial charge in [-0.1, -0.05) is 32.1 Å². The average Bonchev–Trinajstić information content (AvgIpc) is 3.11. The van der Waals surface area contributed by atoms with Crippen molar-refractivity contribution in [3.63, 3.8) is 0 Å². The van der Waals surface area contributed by atoms with Crippen LogP contribution in [-0.2, 0) is 4.79 Å². The van der Waals surface area contributed by atoms with E-state index in [9.17, 15) is 4.79 Å². The summed E-state index contributed by atoms with van der Waals surface area (Å²) in [6, 6.07) is 2.13. The number of hydrogen-bond donors (Lipinski definition) is 1. The molecule has 0 heterocycles. The number of amides is 1. The van der Waals surface area contributed by atoms with E-state index in [2.05, 4.69) is 11.4 Å². The number of carbonyl (C=O) groups excluding carboxylic acids is 1. The zero-order valence-electron chi connectivity index (χ0n) is 9.80. The van der Waals surface area contributed by atoms with Crippen LogP contribution < -0.4 is 5.32 Å². The molecule has 2 fully saturated rings. The lowest BCUT2D eigenvalue weighted by atomic mass is 9.87. The summed E-state index contributed by atoms with van der Waals surface area (Å²) in [6.07, 6.45) is 9.30. The van der Waals surface area contributed by atoms with E-state index in [4.69, 9.17) is 5.26 Å². The summed E-state index contributed by atoms with van der Waals surface area (Å²) < 4.78 is 0. The van der Waals surface area contributed by atoms with E-state index in [0.717, 1.165) is 31.7 Å². The van der Waals surface area contributed by atoms with Gasteiger partial charge in [0.15, 0.2) is 0 Å². The Hall–Kier alpha value is -1.04. The van der Waals surface area contributed by atoms with Gasteiger partial charge in [-0.05, 0) is 25.2 Å². The van der Waals surface area contributed by atoms with Crippen molar-refractivity contribution in [1.82, 2.24) is 5.32 Å². The van der Waals surface area contributed by atoms with E-state index < -0.39 is 5.41 Å². The number of nitriles is 1. The lowest BCUT2D eigenvalue weighted by molar-refractivity contribution is -0.124. The zero-order valence-corrected chi connectivity index (χ0v) is 9.80. The highest BCUT2D eigenvalue weighted by Gasteiger charge is 2.50. The van der Waals surface area contributed by atoms with Gasteiger partial charge in [0.2, 0.25) is 5.91 Å². The first-order valence-corrected chi connectivity index (χ1v) is 6.46. The van der Waals surface area contributed by atoms with Crippen molar-refractivity contribution in [3.8, 4) is 6.07 Å². The zero-order chi connectivity index (χ0) is 11.4. The van der Waals surface area contributed by atoms with Crippen molar-refractivity contribution in [3.05, 3.63) is 0 Å². The third kappa shape index (κ3) is 2.55. The molecule has 0 aromatic heterocycles. The lowest BCUT2D eigenvalue weighted by Crippen LogP contribution is -2.32. The molecule has 0 bridgehead atoms. The Morgan fingerprint density at radius 3 is 2.56 bits per heavy atom. The Bertz CT molecular complexity index is 296. The van der Waals surface area contributed by atoms with Crippen LogP contribution in [0, 0.1) is 22.7 Å². The summed E-state index contributed by atoms with van der Waals surface area (Å²) >= 11 is 0. The summed E-state index contributed by atoms with van der Waals surface area (Å²) in [4.78, 5) is 11.7. The van der Waals surface area contributed by atoms with Gasteiger partial charge >= 0.3 is 0 Å². The molecule has 0 aromatic rings. The third-order valence-corrected chi connectivity index (χ3v) is 3.96. The Kier molecular flexibility index (Phi) is 3.48. The maximum Gasteiger partial charge on any atom is 0.240 e. The monoisotopic (exact) mass is 220 g/mol. The average molecular weight is 220 g/mol. The van der Waals surface area contributed by atoms with E-state index in [1.807, 2.05) is 0 Å². The van der Waals surface area contributed by atoms with Crippen molar-refractivity contribution in [2.75, 3.05) is 6.54 Å². The van der Waals surface area contributed by atoms with Crippen LogP contribution in [0.2, 0.25) is 0 Å². The smallest absolute Gasteiger partial charge is 0.240 e. The molecule has 1 N–H and O–H groups in total. The van der Waals surface area contributed by atoms with Gasteiger partial charge in [-0.2, -0.15) is 5.26 Å². The Balaban J connectivity index is 1.64. The molecule has 16 heavy (non-hydrogen) atoms. The van der Waals surface area contributed by atoms with Crippen LogP contribution >= 0.6 is 0 Å². The fraction of sp³-hybridized carbons (Fsp3) is 0.846.